The summed E-state index contributed by atoms with van der Waals surface area (Å²) in [6.07, 6.45) is 0. The first-order valence-electron chi connectivity index (χ1n) is 12.2. The number of rotatable bonds is 4. The Morgan fingerprint density at radius 3 is 2.11 bits per heavy atom. The van der Waals surface area contributed by atoms with Gasteiger partial charge in [-0.2, -0.15) is 0 Å². The number of likely N-dealkylation sites (N-methyl/N-ethyl adjacent to an activating group) is 2. The highest BCUT2D eigenvalue weighted by atomic mass is 31.2. The van der Waals surface area contributed by atoms with E-state index in [0.29, 0.717) is 0 Å². The van der Waals surface area contributed by atoms with Crippen molar-refractivity contribution in [2.24, 2.45) is 4.74 Å². The van der Waals surface area contributed by atoms with Crippen LogP contribution in [0.4, 0.5) is 15.8 Å². The fourth-order valence-electron chi connectivity index (χ4n) is 5.30. The van der Waals surface area contributed by atoms with Gasteiger partial charge in [-0.25, -0.2) is 9.14 Å². The van der Waals surface area contributed by atoms with Crippen molar-refractivity contribution in [2.75, 3.05) is 45.2 Å². The standard InChI is InChI=1S/C29H34FN4P/c1-29(2)26-12-8-9-13-27(26)33(4)28(29)22-35(25-10-6-5-7-11-25,34-20-18-32(3)19-21-34)31-24-16-14-23(30)15-17-24/h5-17,22H,18-21H2,1-4H3. The number of anilines is 1. The Labute approximate surface area is 208 Å². The molecule has 2 heterocycles. The monoisotopic (exact) mass is 488 g/mol. The number of hydrogen-bond donors (Lipinski definition) is 0. The first kappa shape index (κ1) is 24.0. The van der Waals surface area contributed by atoms with Gasteiger partial charge >= 0.3 is 0 Å². The van der Waals surface area contributed by atoms with Crippen LogP contribution >= 0.6 is 7.21 Å². The lowest BCUT2D eigenvalue weighted by Crippen LogP contribution is -2.44. The molecule has 1 unspecified atom stereocenters. The highest BCUT2D eigenvalue weighted by molar-refractivity contribution is 7.74. The van der Waals surface area contributed by atoms with Crippen molar-refractivity contribution in [1.29, 1.82) is 0 Å². The molecule has 2 aliphatic rings. The number of benzene rings is 3. The Hall–Kier alpha value is -2.72. The molecule has 3 aromatic carbocycles. The van der Waals surface area contributed by atoms with E-state index >= 15 is 0 Å². The molecule has 3 aromatic rings. The van der Waals surface area contributed by atoms with E-state index in [0.717, 1.165) is 31.9 Å². The summed E-state index contributed by atoms with van der Waals surface area (Å²) in [5, 5.41) is 1.22. The summed E-state index contributed by atoms with van der Waals surface area (Å²) in [7, 11) is 1.97. The largest absolute Gasteiger partial charge is 0.347 e. The van der Waals surface area contributed by atoms with Crippen molar-refractivity contribution < 1.29 is 4.39 Å². The molecule has 0 amide bonds. The van der Waals surface area contributed by atoms with Crippen LogP contribution in [0.5, 0.6) is 0 Å². The van der Waals surface area contributed by atoms with Crippen molar-refractivity contribution in [3.63, 3.8) is 0 Å². The molecule has 0 radical (unpaired) electrons. The predicted molar refractivity (Wildman–Crippen MR) is 147 cm³/mol. The Kier molecular flexibility index (Phi) is 6.43. The first-order valence-corrected chi connectivity index (χ1v) is 14.0. The first-order chi connectivity index (χ1) is 16.8. The van der Waals surface area contributed by atoms with Crippen LogP contribution in [0.25, 0.3) is 0 Å². The normalized spacial score (nSPS) is 21.1. The van der Waals surface area contributed by atoms with Gasteiger partial charge in [0.15, 0.2) is 0 Å². The molecule has 1 saturated heterocycles. The maximum Gasteiger partial charge on any atom is 0.123 e. The zero-order chi connectivity index (χ0) is 24.6. The quantitative estimate of drug-likeness (QED) is 0.396. The third kappa shape index (κ3) is 4.38. The van der Waals surface area contributed by atoms with Crippen LogP contribution in [0.1, 0.15) is 19.4 Å². The van der Waals surface area contributed by atoms with Crippen LogP contribution in [0.3, 0.4) is 0 Å². The van der Waals surface area contributed by atoms with E-state index in [1.165, 1.54) is 34.4 Å². The summed E-state index contributed by atoms with van der Waals surface area (Å²) in [6, 6.07) is 26.0. The zero-order valence-corrected chi connectivity index (χ0v) is 21.9. The number of piperazine rings is 1. The number of fused-ring (bicyclic) bond motifs is 1. The molecule has 0 aromatic heterocycles. The van der Waals surface area contributed by atoms with Crippen LogP contribution in [0.2, 0.25) is 0 Å². The van der Waals surface area contributed by atoms with Crippen LogP contribution in [0.15, 0.2) is 95.1 Å². The van der Waals surface area contributed by atoms with Crippen molar-refractivity contribution in [1.82, 2.24) is 9.57 Å². The molecule has 1 fully saturated rings. The predicted octanol–water partition coefficient (Wildman–Crippen LogP) is 6.42. The third-order valence-corrected chi connectivity index (χ3v) is 10.8. The maximum absolute atomic E-state index is 13.8. The number of halogens is 1. The van der Waals surface area contributed by atoms with Gasteiger partial charge in [-0.05, 0) is 48.8 Å². The Balaban J connectivity index is 1.79. The fraction of sp³-hybridized carbons (Fsp3) is 0.310. The highest BCUT2D eigenvalue weighted by Gasteiger charge is 2.41. The second kappa shape index (κ2) is 9.39. The molecule has 0 N–H and O–H groups in total. The minimum Gasteiger partial charge on any atom is -0.347 e. The van der Waals surface area contributed by atoms with E-state index in [-0.39, 0.29) is 11.2 Å². The van der Waals surface area contributed by atoms with Gasteiger partial charge in [0.25, 0.3) is 0 Å². The van der Waals surface area contributed by atoms with Crippen LogP contribution in [-0.4, -0.2) is 49.8 Å². The van der Waals surface area contributed by atoms with Crippen LogP contribution in [0, 0.1) is 5.82 Å². The van der Waals surface area contributed by atoms with Crippen molar-refractivity contribution >= 4 is 23.9 Å². The molecule has 5 rings (SSSR count). The summed E-state index contributed by atoms with van der Waals surface area (Å²) in [5.74, 6) is 2.23. The third-order valence-electron chi connectivity index (χ3n) is 7.38. The van der Waals surface area contributed by atoms with Crippen molar-refractivity contribution in [2.45, 2.75) is 19.3 Å². The minimum atomic E-state index is -2.38. The molecule has 0 aliphatic carbocycles. The number of para-hydroxylation sites is 1. The summed E-state index contributed by atoms with van der Waals surface area (Å²) in [4.78, 5) is 4.71. The van der Waals surface area contributed by atoms with E-state index in [1.54, 1.807) is 12.1 Å². The molecular formula is C29H34FN4P. The Morgan fingerprint density at radius 1 is 0.829 bits per heavy atom. The number of nitrogens with zero attached hydrogens (tertiary/aromatic N) is 4. The molecule has 0 spiro atoms. The zero-order valence-electron chi connectivity index (χ0n) is 21.0. The van der Waals surface area contributed by atoms with E-state index < -0.39 is 7.21 Å². The van der Waals surface area contributed by atoms with Gasteiger partial charge < -0.3 is 9.80 Å². The van der Waals surface area contributed by atoms with Gasteiger partial charge in [0.05, 0.1) is 12.9 Å². The lowest BCUT2D eigenvalue weighted by Gasteiger charge is -2.41. The SMILES string of the molecule is CN1CCN(P(C=C2N(C)c3ccccc3C2(C)C)(=Nc2ccc(F)cc2)c2ccccc2)CC1. The van der Waals surface area contributed by atoms with Gasteiger partial charge in [-0.15, -0.1) is 0 Å². The summed E-state index contributed by atoms with van der Waals surface area (Å²) < 4.78 is 21.9. The van der Waals surface area contributed by atoms with E-state index in [1.807, 2.05) is 0 Å². The molecule has 1 atom stereocenters. The Bertz CT molecular complexity index is 1280. The van der Waals surface area contributed by atoms with Gasteiger partial charge in [-0.3, -0.25) is 4.67 Å². The minimum absolute atomic E-state index is 0.156. The lowest BCUT2D eigenvalue weighted by molar-refractivity contribution is 0.229. The topological polar surface area (TPSA) is 22.1 Å². The van der Waals surface area contributed by atoms with E-state index in [9.17, 15) is 4.39 Å². The lowest BCUT2D eigenvalue weighted by atomic mass is 9.84. The second-order valence-corrected chi connectivity index (χ2v) is 12.9. The molecule has 0 bridgehead atoms. The van der Waals surface area contributed by atoms with Gasteiger partial charge in [0.2, 0.25) is 0 Å². The van der Waals surface area contributed by atoms with Crippen LogP contribution in [-0.2, 0) is 5.41 Å². The summed E-state index contributed by atoms with van der Waals surface area (Å²) in [5.41, 5.74) is 4.50. The average Bonchev–Trinajstić information content (AvgIpc) is 3.06. The molecule has 182 valence electrons. The fourth-order valence-corrected chi connectivity index (χ4v) is 8.96. The number of allylic oxidation sites excluding steroid dienone is 1. The van der Waals surface area contributed by atoms with Crippen LogP contribution < -0.4 is 10.2 Å². The average molecular weight is 489 g/mol. The van der Waals surface area contributed by atoms with E-state index in [4.69, 9.17) is 4.74 Å². The number of hydrogen-bond acceptors (Lipinski definition) is 3. The van der Waals surface area contributed by atoms with Gasteiger partial charge in [-0.1, -0.05) is 62.4 Å². The molecule has 4 nitrogen and oxygen atoms in total. The molecular weight excluding hydrogens is 454 g/mol. The molecule has 6 heteroatoms. The van der Waals surface area contributed by atoms with Gasteiger partial charge in [0, 0.05) is 55.3 Å². The van der Waals surface area contributed by atoms with Crippen molar-refractivity contribution in [3.8, 4) is 0 Å². The smallest absolute Gasteiger partial charge is 0.123 e. The maximum atomic E-state index is 13.8. The van der Waals surface area contributed by atoms with Gasteiger partial charge in [0.1, 0.15) is 5.82 Å². The highest BCUT2D eigenvalue weighted by Crippen LogP contribution is 2.60. The molecule has 0 saturated carbocycles. The summed E-state index contributed by atoms with van der Waals surface area (Å²) in [6.45, 7) is 8.48. The molecule has 35 heavy (non-hydrogen) atoms. The molecule has 2 aliphatic heterocycles. The second-order valence-electron chi connectivity index (χ2n) is 10.0. The van der Waals surface area contributed by atoms with E-state index in [2.05, 4.69) is 103 Å². The van der Waals surface area contributed by atoms with Crippen molar-refractivity contribution in [3.05, 3.63) is 102 Å². The Morgan fingerprint density at radius 2 is 1.46 bits per heavy atom. The summed E-state index contributed by atoms with van der Waals surface area (Å²) >= 11 is 0.